The highest BCUT2D eigenvalue weighted by Gasteiger charge is 2.24. The maximum atomic E-state index is 12.4. The quantitative estimate of drug-likeness (QED) is 0.633. The fraction of sp³-hybridized carbons (Fsp3) is 0.235. The number of aryl methyl sites for hydroxylation is 1. The molecule has 0 spiro atoms. The second kappa shape index (κ2) is 8.13. The van der Waals surface area contributed by atoms with Gasteiger partial charge in [-0.2, -0.15) is 0 Å². The molecule has 0 fully saturated rings. The van der Waals surface area contributed by atoms with Gasteiger partial charge in [0.2, 0.25) is 0 Å². The van der Waals surface area contributed by atoms with Gasteiger partial charge >= 0.3 is 5.97 Å². The minimum absolute atomic E-state index is 0.0310. The number of esters is 1. The van der Waals surface area contributed by atoms with Crippen molar-refractivity contribution < 1.29 is 14.3 Å². The zero-order valence-corrected chi connectivity index (χ0v) is 14.7. The third kappa shape index (κ3) is 4.46. The van der Waals surface area contributed by atoms with Gasteiger partial charge in [0.15, 0.2) is 6.10 Å². The van der Waals surface area contributed by atoms with Crippen molar-refractivity contribution in [2.24, 2.45) is 0 Å². The molecule has 1 amide bonds. The van der Waals surface area contributed by atoms with Gasteiger partial charge in [-0.15, -0.1) is 0 Å². The Morgan fingerprint density at radius 1 is 1.29 bits per heavy atom. The number of aromatic nitrogens is 1. The van der Waals surface area contributed by atoms with Crippen LogP contribution in [-0.2, 0) is 9.53 Å². The van der Waals surface area contributed by atoms with Crippen molar-refractivity contribution >= 4 is 40.8 Å². The Morgan fingerprint density at radius 3 is 2.71 bits per heavy atom. The zero-order valence-electron chi connectivity index (χ0n) is 13.2. The molecule has 0 radical (unpaired) electrons. The molecule has 1 unspecified atom stereocenters. The van der Waals surface area contributed by atoms with Crippen molar-refractivity contribution in [3.63, 3.8) is 0 Å². The minimum Gasteiger partial charge on any atom is -0.449 e. The fourth-order valence-electron chi connectivity index (χ4n) is 2.00. The number of hydrogen-bond acceptors (Lipinski definition) is 4. The van der Waals surface area contributed by atoms with Gasteiger partial charge in [-0.05, 0) is 43.2 Å². The Hall–Kier alpha value is -2.11. The summed E-state index contributed by atoms with van der Waals surface area (Å²) in [5, 5.41) is 3.26. The molecule has 1 aromatic carbocycles. The normalized spacial score (nSPS) is 11.7. The highest BCUT2D eigenvalue weighted by Crippen LogP contribution is 2.21. The lowest BCUT2D eigenvalue weighted by atomic mass is 10.2. The number of hydrogen-bond donors (Lipinski definition) is 1. The third-order valence-corrected chi connectivity index (χ3v) is 3.89. The van der Waals surface area contributed by atoms with Crippen LogP contribution in [-0.4, -0.2) is 23.0 Å². The molecule has 0 aliphatic rings. The molecule has 0 saturated heterocycles. The highest BCUT2D eigenvalue weighted by atomic mass is 35.5. The second-order valence-electron chi connectivity index (χ2n) is 5.09. The summed E-state index contributed by atoms with van der Waals surface area (Å²) in [5.41, 5.74) is 1.54. The summed E-state index contributed by atoms with van der Waals surface area (Å²) >= 11 is 11.8. The third-order valence-electron chi connectivity index (χ3n) is 3.35. The molecule has 2 aromatic rings. The largest absolute Gasteiger partial charge is 0.449 e. The zero-order chi connectivity index (χ0) is 17.7. The predicted molar refractivity (Wildman–Crippen MR) is 93.6 cm³/mol. The summed E-state index contributed by atoms with van der Waals surface area (Å²) < 4.78 is 5.26. The summed E-state index contributed by atoms with van der Waals surface area (Å²) in [6.45, 7) is 3.58. The number of rotatable bonds is 5. The molecule has 7 heteroatoms. The highest BCUT2D eigenvalue weighted by molar-refractivity contribution is 6.32. The van der Waals surface area contributed by atoms with Gasteiger partial charge < -0.3 is 10.1 Å². The summed E-state index contributed by atoms with van der Waals surface area (Å²) in [4.78, 5) is 28.4. The number of nitrogens with zero attached hydrogens (tertiary/aromatic N) is 1. The van der Waals surface area contributed by atoms with Crippen molar-refractivity contribution in [2.75, 3.05) is 5.32 Å². The molecule has 0 bridgehead atoms. The first-order valence-corrected chi connectivity index (χ1v) is 8.06. The topological polar surface area (TPSA) is 68.3 Å². The Bertz CT molecular complexity index is 765. The Balaban J connectivity index is 2.10. The van der Waals surface area contributed by atoms with E-state index in [-0.39, 0.29) is 10.7 Å². The van der Waals surface area contributed by atoms with E-state index >= 15 is 0 Å². The van der Waals surface area contributed by atoms with E-state index in [1.54, 1.807) is 31.2 Å². The van der Waals surface area contributed by atoms with Crippen molar-refractivity contribution in [3.05, 3.63) is 57.8 Å². The van der Waals surface area contributed by atoms with E-state index in [0.29, 0.717) is 17.1 Å². The van der Waals surface area contributed by atoms with E-state index < -0.39 is 18.0 Å². The van der Waals surface area contributed by atoms with E-state index in [1.165, 1.54) is 12.3 Å². The molecule has 126 valence electrons. The predicted octanol–water partition coefficient (Wildman–Crippen LogP) is 4.27. The van der Waals surface area contributed by atoms with Gasteiger partial charge in [0.1, 0.15) is 5.15 Å². The molecular formula is C17H16Cl2N2O3. The molecule has 2 rings (SSSR count). The average molecular weight is 367 g/mol. The SMILES string of the molecule is CCC(OC(=O)c1cccnc1Cl)C(=O)Nc1cc(Cl)ccc1C. The Labute approximate surface area is 149 Å². The fourth-order valence-corrected chi connectivity index (χ4v) is 2.36. The van der Waals surface area contributed by atoms with Crippen LogP contribution in [0.2, 0.25) is 10.2 Å². The van der Waals surface area contributed by atoms with Gasteiger partial charge in [0.05, 0.1) is 5.56 Å². The lowest BCUT2D eigenvalue weighted by molar-refractivity contribution is -0.124. The van der Waals surface area contributed by atoms with Crippen LogP contribution in [0.1, 0.15) is 29.3 Å². The number of carbonyl (C=O) groups is 2. The summed E-state index contributed by atoms with van der Waals surface area (Å²) in [5.74, 6) is -1.13. The molecule has 1 aromatic heterocycles. The van der Waals surface area contributed by atoms with E-state index in [4.69, 9.17) is 27.9 Å². The average Bonchev–Trinajstić information content (AvgIpc) is 2.56. The number of carbonyl (C=O) groups excluding carboxylic acids is 2. The standard InChI is InChI=1S/C17H16Cl2N2O3/c1-3-14(24-17(23)12-5-4-8-20-15(12)19)16(22)21-13-9-11(18)7-6-10(13)2/h4-9,14H,3H2,1-2H3,(H,21,22). The van der Waals surface area contributed by atoms with Crippen LogP contribution < -0.4 is 5.32 Å². The van der Waals surface area contributed by atoms with Crippen molar-refractivity contribution in [3.8, 4) is 0 Å². The summed E-state index contributed by atoms with van der Waals surface area (Å²) in [6.07, 6.45) is 0.826. The lowest BCUT2D eigenvalue weighted by Crippen LogP contribution is -2.32. The molecule has 0 aliphatic heterocycles. The van der Waals surface area contributed by atoms with Gasteiger partial charge in [-0.1, -0.05) is 36.2 Å². The van der Waals surface area contributed by atoms with Crippen LogP contribution in [0.25, 0.3) is 0 Å². The first-order valence-electron chi connectivity index (χ1n) is 7.31. The minimum atomic E-state index is -0.952. The molecule has 1 N–H and O–H groups in total. The summed E-state index contributed by atoms with van der Waals surface area (Å²) in [6, 6.07) is 8.22. The molecule has 24 heavy (non-hydrogen) atoms. The maximum absolute atomic E-state index is 12.4. The van der Waals surface area contributed by atoms with E-state index in [9.17, 15) is 9.59 Å². The van der Waals surface area contributed by atoms with Crippen molar-refractivity contribution in [1.29, 1.82) is 0 Å². The van der Waals surface area contributed by atoms with Crippen LogP contribution in [0.5, 0.6) is 0 Å². The first-order chi connectivity index (χ1) is 11.4. The van der Waals surface area contributed by atoms with E-state index in [2.05, 4.69) is 10.3 Å². The summed E-state index contributed by atoms with van der Waals surface area (Å²) in [7, 11) is 0. The molecule has 5 nitrogen and oxygen atoms in total. The van der Waals surface area contributed by atoms with Crippen molar-refractivity contribution in [2.45, 2.75) is 26.4 Å². The number of anilines is 1. The van der Waals surface area contributed by atoms with Crippen molar-refractivity contribution in [1.82, 2.24) is 4.98 Å². The number of halogens is 2. The van der Waals surface area contributed by atoms with Gasteiger partial charge in [0, 0.05) is 16.9 Å². The monoisotopic (exact) mass is 366 g/mol. The molecular weight excluding hydrogens is 351 g/mol. The number of pyridine rings is 1. The molecule has 1 heterocycles. The van der Waals surface area contributed by atoms with Crippen LogP contribution in [0.3, 0.4) is 0 Å². The van der Waals surface area contributed by atoms with Gasteiger partial charge in [-0.25, -0.2) is 9.78 Å². The number of ether oxygens (including phenoxy) is 1. The second-order valence-corrected chi connectivity index (χ2v) is 5.89. The Morgan fingerprint density at radius 2 is 2.04 bits per heavy atom. The molecule has 1 atom stereocenters. The Kier molecular flexibility index (Phi) is 6.17. The van der Waals surface area contributed by atoms with Gasteiger partial charge in [-0.3, -0.25) is 4.79 Å². The number of benzene rings is 1. The molecule has 0 aliphatic carbocycles. The lowest BCUT2D eigenvalue weighted by Gasteiger charge is -2.17. The molecule has 0 saturated carbocycles. The smallest absolute Gasteiger partial charge is 0.342 e. The number of nitrogens with one attached hydrogen (secondary N) is 1. The van der Waals surface area contributed by atoms with Crippen LogP contribution >= 0.6 is 23.2 Å². The van der Waals surface area contributed by atoms with E-state index in [0.717, 1.165) is 5.56 Å². The van der Waals surface area contributed by atoms with Crippen LogP contribution in [0.15, 0.2) is 36.5 Å². The first kappa shape index (κ1) is 18.2. The van der Waals surface area contributed by atoms with Crippen LogP contribution in [0, 0.1) is 6.92 Å². The van der Waals surface area contributed by atoms with E-state index in [1.807, 2.05) is 6.92 Å². The maximum Gasteiger partial charge on any atom is 0.342 e. The number of amides is 1. The van der Waals surface area contributed by atoms with Gasteiger partial charge in [0.25, 0.3) is 5.91 Å². The van der Waals surface area contributed by atoms with Crippen LogP contribution in [0.4, 0.5) is 5.69 Å².